The van der Waals surface area contributed by atoms with E-state index in [1.54, 1.807) is 57.6 Å². The monoisotopic (exact) mass is 696 g/mol. The highest BCUT2D eigenvalue weighted by Gasteiger charge is 2.35. The second-order valence-corrected chi connectivity index (χ2v) is 12.3. The first-order valence-electron chi connectivity index (χ1n) is 15.4. The van der Waals surface area contributed by atoms with E-state index < -0.39 is 12.0 Å². The van der Waals surface area contributed by atoms with E-state index in [1.807, 2.05) is 60.7 Å². The summed E-state index contributed by atoms with van der Waals surface area (Å²) >= 11 is 7.41. The molecule has 49 heavy (non-hydrogen) atoms. The van der Waals surface area contributed by atoms with Crippen molar-refractivity contribution in [1.29, 1.82) is 0 Å². The van der Waals surface area contributed by atoms with E-state index in [4.69, 9.17) is 40.3 Å². The van der Waals surface area contributed by atoms with Crippen LogP contribution in [0.1, 0.15) is 35.2 Å². The highest BCUT2D eigenvalue weighted by Crippen LogP contribution is 2.39. The van der Waals surface area contributed by atoms with Gasteiger partial charge in [0.2, 0.25) is 0 Å². The predicted octanol–water partition coefficient (Wildman–Crippen LogP) is 6.19. The average Bonchev–Trinajstić information content (AvgIpc) is 3.44. The molecule has 0 amide bonds. The summed E-state index contributed by atoms with van der Waals surface area (Å²) in [6.45, 7) is 2.11. The van der Waals surface area contributed by atoms with Crippen molar-refractivity contribution in [1.82, 2.24) is 4.57 Å². The van der Waals surface area contributed by atoms with Gasteiger partial charge in [-0.05, 0) is 54.5 Å². The summed E-state index contributed by atoms with van der Waals surface area (Å²) in [6.07, 6.45) is 1.75. The van der Waals surface area contributed by atoms with Gasteiger partial charge in [0.05, 0.1) is 49.8 Å². The quantitative estimate of drug-likeness (QED) is 0.152. The van der Waals surface area contributed by atoms with E-state index in [-0.39, 0.29) is 24.3 Å². The first-order valence-corrected chi connectivity index (χ1v) is 16.6. The maximum absolute atomic E-state index is 14.5. The fraction of sp³-hybridized carbons (Fsp3) is 0.184. The zero-order valence-electron chi connectivity index (χ0n) is 27.3. The smallest absolute Gasteiger partial charge is 0.338 e. The van der Waals surface area contributed by atoms with Gasteiger partial charge in [0.15, 0.2) is 27.8 Å². The lowest BCUT2D eigenvalue weighted by atomic mass is 9.93. The van der Waals surface area contributed by atoms with Gasteiger partial charge in [0.1, 0.15) is 6.61 Å². The number of aromatic nitrogens is 1. The normalized spacial score (nSPS) is 14.1. The third-order valence-electron chi connectivity index (χ3n) is 7.89. The van der Waals surface area contributed by atoms with Crippen molar-refractivity contribution >= 4 is 40.7 Å². The number of esters is 1. The van der Waals surface area contributed by atoms with Crippen molar-refractivity contribution in [2.75, 3.05) is 27.9 Å². The third-order valence-corrected chi connectivity index (χ3v) is 9.10. The molecule has 1 atom stereocenters. The molecule has 6 rings (SSSR count). The first kappa shape index (κ1) is 33.6. The van der Waals surface area contributed by atoms with E-state index in [0.717, 1.165) is 5.56 Å². The predicted molar refractivity (Wildman–Crippen MR) is 189 cm³/mol. The number of nitrogens with zero attached hydrogens (tertiary/aromatic N) is 2. The minimum absolute atomic E-state index is 0.140. The number of thiazole rings is 1. The summed E-state index contributed by atoms with van der Waals surface area (Å²) in [7, 11) is 4.64. The second-order valence-electron chi connectivity index (χ2n) is 10.8. The number of carbonyl (C=O) groups excluding carboxylic acids is 1. The SMILES string of the molecule is CCOC(=O)C1=C(c2ccccc2)N=c2s/c(=C\c3cccc(OC)c3OCc3cccc(Cl)c3)c(=O)n2[C@@H]1c1ccc(OC)c(OC)c1. The molecule has 0 aliphatic carbocycles. The summed E-state index contributed by atoms with van der Waals surface area (Å²) in [6, 6.07) is 26.7. The van der Waals surface area contributed by atoms with Gasteiger partial charge < -0.3 is 23.7 Å². The molecule has 4 aromatic carbocycles. The number of para-hydroxylation sites is 1. The molecule has 0 bridgehead atoms. The van der Waals surface area contributed by atoms with Crippen LogP contribution in [0.25, 0.3) is 11.8 Å². The molecular weight excluding hydrogens is 664 g/mol. The zero-order valence-corrected chi connectivity index (χ0v) is 28.8. The number of benzene rings is 4. The van der Waals surface area contributed by atoms with Crippen LogP contribution in [0.2, 0.25) is 5.02 Å². The number of rotatable bonds is 11. The molecule has 0 fully saturated rings. The summed E-state index contributed by atoms with van der Waals surface area (Å²) < 4.78 is 30.5. The van der Waals surface area contributed by atoms with Crippen molar-refractivity contribution < 1.29 is 28.5 Å². The van der Waals surface area contributed by atoms with Gasteiger partial charge in [-0.25, -0.2) is 9.79 Å². The molecular formula is C38H33ClN2O7S. The molecule has 0 saturated heterocycles. The molecule has 9 nitrogen and oxygen atoms in total. The molecule has 0 N–H and O–H groups in total. The number of halogens is 1. The van der Waals surface area contributed by atoms with E-state index in [9.17, 15) is 9.59 Å². The number of methoxy groups -OCH3 is 3. The largest absolute Gasteiger partial charge is 0.493 e. The van der Waals surface area contributed by atoms with Crippen molar-refractivity contribution in [3.05, 3.63) is 144 Å². The molecule has 250 valence electrons. The highest BCUT2D eigenvalue weighted by molar-refractivity contribution is 7.07. The van der Waals surface area contributed by atoms with Crippen LogP contribution in [0.15, 0.2) is 106 Å². The Hall–Kier alpha value is -5.32. The average molecular weight is 697 g/mol. The maximum atomic E-state index is 14.5. The number of ether oxygens (including phenoxy) is 5. The Morgan fingerprint density at radius 2 is 1.65 bits per heavy atom. The molecule has 2 heterocycles. The second kappa shape index (κ2) is 14.8. The van der Waals surface area contributed by atoms with Gasteiger partial charge in [0, 0.05) is 16.1 Å². The van der Waals surface area contributed by atoms with Gasteiger partial charge in [0.25, 0.3) is 5.56 Å². The Morgan fingerprint density at radius 3 is 2.37 bits per heavy atom. The lowest BCUT2D eigenvalue weighted by molar-refractivity contribution is -0.138. The van der Waals surface area contributed by atoms with E-state index >= 15 is 0 Å². The van der Waals surface area contributed by atoms with Crippen LogP contribution in [0.5, 0.6) is 23.0 Å². The van der Waals surface area contributed by atoms with E-state index in [2.05, 4.69) is 0 Å². The fourth-order valence-electron chi connectivity index (χ4n) is 5.66. The summed E-state index contributed by atoms with van der Waals surface area (Å²) in [5.74, 6) is 1.34. The minimum Gasteiger partial charge on any atom is -0.493 e. The molecule has 0 saturated carbocycles. The van der Waals surface area contributed by atoms with Crippen LogP contribution in [-0.2, 0) is 16.1 Å². The van der Waals surface area contributed by atoms with Crippen LogP contribution in [-0.4, -0.2) is 38.5 Å². The Balaban J connectivity index is 1.57. The van der Waals surface area contributed by atoms with Crippen LogP contribution in [0, 0.1) is 0 Å². The summed E-state index contributed by atoms with van der Waals surface area (Å²) in [5.41, 5.74) is 3.12. The Kier molecular flexibility index (Phi) is 10.2. The maximum Gasteiger partial charge on any atom is 0.338 e. The number of hydrogen-bond donors (Lipinski definition) is 0. The van der Waals surface area contributed by atoms with Crippen LogP contribution in [0.3, 0.4) is 0 Å². The Bertz CT molecular complexity index is 2230. The molecule has 0 spiro atoms. The van der Waals surface area contributed by atoms with E-state index in [0.29, 0.717) is 59.7 Å². The molecule has 1 aromatic heterocycles. The zero-order chi connectivity index (χ0) is 34.5. The molecule has 5 aromatic rings. The van der Waals surface area contributed by atoms with Crippen LogP contribution in [0.4, 0.5) is 0 Å². The lowest BCUT2D eigenvalue weighted by Crippen LogP contribution is -2.40. The highest BCUT2D eigenvalue weighted by atomic mass is 35.5. The molecule has 1 aliphatic heterocycles. The van der Waals surface area contributed by atoms with Crippen molar-refractivity contribution in [3.63, 3.8) is 0 Å². The summed E-state index contributed by atoms with van der Waals surface area (Å²) in [4.78, 5) is 33.7. The molecule has 11 heteroatoms. The van der Waals surface area contributed by atoms with Gasteiger partial charge >= 0.3 is 5.97 Å². The van der Waals surface area contributed by atoms with Gasteiger partial charge in [-0.2, -0.15) is 0 Å². The Labute approximate surface area is 291 Å². The number of carbonyl (C=O) groups is 1. The first-order chi connectivity index (χ1) is 23.9. The minimum atomic E-state index is -0.892. The molecule has 0 unspecified atom stereocenters. The van der Waals surface area contributed by atoms with Gasteiger partial charge in [-0.1, -0.05) is 83.6 Å². The van der Waals surface area contributed by atoms with Gasteiger partial charge in [-0.15, -0.1) is 0 Å². The standard InChI is InChI=1S/C38H33ClN2O7S/c1-5-47-37(43)32-33(24-12-7-6-8-13-24)40-38-41(34(32)25-17-18-28(44-2)30(20-25)46-4)36(42)31(49-38)21-26-14-10-16-29(45-3)35(26)48-22-23-11-9-15-27(39)19-23/h6-21,34H,5,22H2,1-4H3/b31-21-/t34-/m1/s1. The molecule has 0 radical (unpaired) electrons. The number of hydrogen-bond acceptors (Lipinski definition) is 9. The fourth-order valence-corrected chi connectivity index (χ4v) is 6.87. The third kappa shape index (κ3) is 6.83. The topological polar surface area (TPSA) is 97.6 Å². The van der Waals surface area contributed by atoms with Gasteiger partial charge in [-0.3, -0.25) is 9.36 Å². The lowest BCUT2D eigenvalue weighted by Gasteiger charge is -2.26. The van der Waals surface area contributed by atoms with Crippen LogP contribution < -0.4 is 33.8 Å². The Morgan fingerprint density at radius 1 is 0.898 bits per heavy atom. The number of fused-ring (bicyclic) bond motifs is 1. The van der Waals surface area contributed by atoms with Crippen molar-refractivity contribution in [2.24, 2.45) is 4.99 Å². The van der Waals surface area contributed by atoms with Crippen LogP contribution >= 0.6 is 22.9 Å². The summed E-state index contributed by atoms with van der Waals surface area (Å²) in [5, 5.41) is 0.601. The van der Waals surface area contributed by atoms with E-state index in [1.165, 1.54) is 23.0 Å². The van der Waals surface area contributed by atoms with Crippen molar-refractivity contribution in [2.45, 2.75) is 19.6 Å². The molecule has 1 aliphatic rings. The van der Waals surface area contributed by atoms with Crippen molar-refractivity contribution in [3.8, 4) is 23.0 Å².